The normalized spacial score (nSPS) is 27.4. The number of ether oxygens (including phenoxy) is 1. The Morgan fingerprint density at radius 2 is 1.94 bits per heavy atom. The highest BCUT2D eigenvalue weighted by Gasteiger charge is 2.32. The molecule has 0 saturated heterocycles. The van der Waals surface area contributed by atoms with E-state index in [0.717, 1.165) is 24.7 Å². The Bertz CT molecular complexity index is 360. The van der Waals surface area contributed by atoms with Crippen LogP contribution in [0.15, 0.2) is 24.3 Å². The predicted octanol–water partition coefficient (Wildman–Crippen LogP) is 3.58. The van der Waals surface area contributed by atoms with Crippen LogP contribution in [-0.4, -0.2) is 19.7 Å². The molecular formula is C16H25NO. The van der Waals surface area contributed by atoms with E-state index in [-0.39, 0.29) is 0 Å². The fourth-order valence-corrected chi connectivity index (χ4v) is 3.07. The average molecular weight is 247 g/mol. The smallest absolute Gasteiger partial charge is 0.119 e. The van der Waals surface area contributed by atoms with E-state index in [2.05, 4.69) is 50.5 Å². The molecule has 0 aliphatic heterocycles. The zero-order valence-corrected chi connectivity index (χ0v) is 11.8. The van der Waals surface area contributed by atoms with Crippen LogP contribution in [0.1, 0.15) is 44.6 Å². The summed E-state index contributed by atoms with van der Waals surface area (Å²) in [6, 6.07) is 9.38. The summed E-state index contributed by atoms with van der Waals surface area (Å²) in [5, 5.41) is 3.43. The van der Waals surface area contributed by atoms with Crippen LogP contribution in [0.5, 0.6) is 5.75 Å². The second kappa shape index (κ2) is 6.24. The molecule has 100 valence electrons. The molecule has 1 aromatic rings. The number of hydrogen-bond acceptors (Lipinski definition) is 2. The highest BCUT2D eigenvalue weighted by atomic mass is 16.5. The van der Waals surface area contributed by atoms with E-state index in [0.29, 0.717) is 12.0 Å². The zero-order chi connectivity index (χ0) is 13.0. The van der Waals surface area contributed by atoms with Crippen LogP contribution in [0.3, 0.4) is 0 Å². The van der Waals surface area contributed by atoms with Crippen LogP contribution >= 0.6 is 0 Å². The Balaban J connectivity index is 2.01. The summed E-state index contributed by atoms with van der Waals surface area (Å²) >= 11 is 0. The quantitative estimate of drug-likeness (QED) is 0.858. The molecule has 0 radical (unpaired) electrons. The van der Waals surface area contributed by atoms with Crippen LogP contribution in [0.2, 0.25) is 0 Å². The fourth-order valence-electron chi connectivity index (χ4n) is 3.07. The van der Waals surface area contributed by atoms with Gasteiger partial charge in [-0.25, -0.2) is 0 Å². The summed E-state index contributed by atoms with van der Waals surface area (Å²) in [6.07, 6.45) is 3.64. The van der Waals surface area contributed by atoms with Gasteiger partial charge in [0.25, 0.3) is 0 Å². The van der Waals surface area contributed by atoms with E-state index >= 15 is 0 Å². The maximum absolute atomic E-state index is 5.63. The van der Waals surface area contributed by atoms with Gasteiger partial charge in [-0.15, -0.1) is 0 Å². The van der Waals surface area contributed by atoms with Crippen molar-refractivity contribution in [2.24, 2.45) is 5.92 Å². The third-order valence-electron chi connectivity index (χ3n) is 4.21. The molecule has 2 heteroatoms. The van der Waals surface area contributed by atoms with E-state index in [1.54, 1.807) is 0 Å². The van der Waals surface area contributed by atoms with Gasteiger partial charge in [0, 0.05) is 6.04 Å². The molecule has 0 aromatic heterocycles. The van der Waals surface area contributed by atoms with E-state index in [1.165, 1.54) is 18.4 Å². The molecule has 1 saturated carbocycles. The lowest BCUT2D eigenvalue weighted by Crippen LogP contribution is -2.28. The number of nitrogens with one attached hydrogen (secondary N) is 1. The SMILES string of the molecule is CCCOc1ccc(C2CCC(NC)C2C)cc1. The standard InChI is InChI=1S/C16H25NO/c1-4-11-18-14-7-5-13(6-8-14)15-9-10-16(17-3)12(15)2/h5-8,12,15-17H,4,9-11H2,1-3H3. The topological polar surface area (TPSA) is 21.3 Å². The van der Waals surface area contributed by atoms with E-state index < -0.39 is 0 Å². The molecule has 1 aliphatic carbocycles. The Morgan fingerprint density at radius 1 is 1.22 bits per heavy atom. The molecule has 2 rings (SSSR count). The Kier molecular flexibility index (Phi) is 4.65. The van der Waals surface area contributed by atoms with Gasteiger partial charge < -0.3 is 10.1 Å². The van der Waals surface area contributed by atoms with Gasteiger partial charge in [0.15, 0.2) is 0 Å². The van der Waals surface area contributed by atoms with Crippen LogP contribution in [0.4, 0.5) is 0 Å². The van der Waals surface area contributed by atoms with Crippen molar-refractivity contribution in [1.29, 1.82) is 0 Å². The Hall–Kier alpha value is -1.02. The number of hydrogen-bond donors (Lipinski definition) is 1. The van der Waals surface area contributed by atoms with Gasteiger partial charge in [0.05, 0.1) is 6.61 Å². The molecular weight excluding hydrogens is 222 g/mol. The van der Waals surface area contributed by atoms with E-state index in [1.807, 2.05) is 0 Å². The minimum Gasteiger partial charge on any atom is -0.494 e. The van der Waals surface area contributed by atoms with Crippen molar-refractivity contribution in [2.75, 3.05) is 13.7 Å². The highest BCUT2D eigenvalue weighted by molar-refractivity contribution is 5.30. The molecule has 0 heterocycles. The van der Waals surface area contributed by atoms with Crippen LogP contribution in [0.25, 0.3) is 0 Å². The summed E-state index contributed by atoms with van der Waals surface area (Å²) in [7, 11) is 2.07. The van der Waals surface area contributed by atoms with Crippen molar-refractivity contribution < 1.29 is 4.74 Å². The second-order valence-corrected chi connectivity index (χ2v) is 5.36. The number of benzene rings is 1. The third-order valence-corrected chi connectivity index (χ3v) is 4.21. The molecule has 3 unspecified atom stereocenters. The van der Waals surface area contributed by atoms with Crippen molar-refractivity contribution in [2.45, 2.75) is 45.1 Å². The first-order chi connectivity index (χ1) is 8.76. The average Bonchev–Trinajstić information content (AvgIpc) is 2.78. The lowest BCUT2D eigenvalue weighted by Gasteiger charge is -2.20. The molecule has 0 spiro atoms. The minimum atomic E-state index is 0.672. The Morgan fingerprint density at radius 3 is 2.50 bits per heavy atom. The van der Waals surface area contributed by atoms with Crippen LogP contribution in [-0.2, 0) is 0 Å². The lowest BCUT2D eigenvalue weighted by atomic mass is 9.89. The van der Waals surface area contributed by atoms with Gasteiger partial charge in [0.1, 0.15) is 5.75 Å². The van der Waals surface area contributed by atoms with Gasteiger partial charge in [-0.2, -0.15) is 0 Å². The summed E-state index contributed by atoms with van der Waals surface area (Å²) < 4.78 is 5.63. The second-order valence-electron chi connectivity index (χ2n) is 5.36. The monoisotopic (exact) mass is 247 g/mol. The fraction of sp³-hybridized carbons (Fsp3) is 0.625. The number of rotatable bonds is 5. The first kappa shape index (κ1) is 13.4. The summed E-state index contributed by atoms with van der Waals surface area (Å²) in [6.45, 7) is 5.30. The molecule has 2 nitrogen and oxygen atoms in total. The first-order valence-electron chi connectivity index (χ1n) is 7.16. The van der Waals surface area contributed by atoms with Crippen molar-refractivity contribution in [3.63, 3.8) is 0 Å². The van der Waals surface area contributed by atoms with E-state index in [9.17, 15) is 0 Å². The summed E-state index contributed by atoms with van der Waals surface area (Å²) in [5.74, 6) is 2.41. The lowest BCUT2D eigenvalue weighted by molar-refractivity contribution is 0.317. The molecule has 1 aromatic carbocycles. The molecule has 18 heavy (non-hydrogen) atoms. The van der Waals surface area contributed by atoms with Crippen LogP contribution < -0.4 is 10.1 Å². The van der Waals surface area contributed by atoms with Crippen molar-refractivity contribution >= 4 is 0 Å². The van der Waals surface area contributed by atoms with Crippen molar-refractivity contribution in [1.82, 2.24) is 5.32 Å². The van der Waals surface area contributed by atoms with Crippen molar-refractivity contribution in [3.8, 4) is 5.75 Å². The Labute approximate surface area is 111 Å². The highest BCUT2D eigenvalue weighted by Crippen LogP contribution is 2.39. The molecule has 0 amide bonds. The third kappa shape index (κ3) is 2.86. The molecule has 1 aliphatic rings. The maximum atomic E-state index is 5.63. The van der Waals surface area contributed by atoms with Gasteiger partial charge in [-0.3, -0.25) is 0 Å². The van der Waals surface area contributed by atoms with Gasteiger partial charge in [-0.1, -0.05) is 26.0 Å². The summed E-state index contributed by atoms with van der Waals surface area (Å²) in [4.78, 5) is 0. The molecule has 1 N–H and O–H groups in total. The minimum absolute atomic E-state index is 0.672. The zero-order valence-electron chi connectivity index (χ0n) is 11.8. The largest absolute Gasteiger partial charge is 0.494 e. The maximum Gasteiger partial charge on any atom is 0.119 e. The predicted molar refractivity (Wildman–Crippen MR) is 76.2 cm³/mol. The van der Waals surface area contributed by atoms with Crippen LogP contribution in [0, 0.1) is 5.92 Å². The van der Waals surface area contributed by atoms with E-state index in [4.69, 9.17) is 4.74 Å². The molecule has 0 bridgehead atoms. The summed E-state index contributed by atoms with van der Waals surface area (Å²) in [5.41, 5.74) is 1.46. The van der Waals surface area contributed by atoms with Crippen molar-refractivity contribution in [3.05, 3.63) is 29.8 Å². The van der Waals surface area contributed by atoms with Gasteiger partial charge >= 0.3 is 0 Å². The molecule has 1 fully saturated rings. The van der Waals surface area contributed by atoms with Gasteiger partial charge in [-0.05, 0) is 55.8 Å². The van der Waals surface area contributed by atoms with Gasteiger partial charge in [0.2, 0.25) is 0 Å². The first-order valence-corrected chi connectivity index (χ1v) is 7.16. The molecule has 3 atom stereocenters.